The van der Waals surface area contributed by atoms with Crippen LogP contribution >= 0.6 is 0 Å². The Bertz CT molecular complexity index is 968. The van der Waals surface area contributed by atoms with E-state index in [0.717, 1.165) is 48.6 Å². The molecule has 0 amide bonds. The molecule has 2 fully saturated rings. The topological polar surface area (TPSA) is 66.3 Å². The first-order valence-corrected chi connectivity index (χ1v) is 10.4. The van der Waals surface area contributed by atoms with Crippen molar-refractivity contribution in [2.45, 2.75) is 58.4 Å². The Labute approximate surface area is 165 Å². The monoisotopic (exact) mass is 377 g/mol. The maximum Gasteiger partial charge on any atom is 0.307 e. The van der Waals surface area contributed by atoms with Crippen molar-refractivity contribution in [2.24, 2.45) is 11.3 Å². The number of fused-ring (bicyclic) bond motifs is 1. The molecule has 0 radical (unpaired) electrons. The van der Waals surface area contributed by atoms with Crippen LogP contribution in [0.1, 0.15) is 56.4 Å². The molecule has 1 saturated heterocycles. The van der Waals surface area contributed by atoms with Crippen LogP contribution in [0.15, 0.2) is 24.3 Å². The van der Waals surface area contributed by atoms with Crippen LogP contribution in [0.25, 0.3) is 11.3 Å². The quantitative estimate of drug-likeness (QED) is 0.870. The third kappa shape index (κ3) is 2.55. The molecular formula is C23H27N3O2. The Balaban J connectivity index is 1.56. The van der Waals surface area contributed by atoms with E-state index < -0.39 is 5.97 Å². The summed E-state index contributed by atoms with van der Waals surface area (Å²) in [7, 11) is 0. The molecule has 2 heterocycles. The number of hydrogen-bond donors (Lipinski definition) is 1. The average Bonchev–Trinajstić information content (AvgIpc) is 2.99. The number of rotatable bonds is 4. The zero-order chi connectivity index (χ0) is 19.6. The van der Waals surface area contributed by atoms with E-state index in [-0.39, 0.29) is 17.3 Å². The molecule has 1 saturated carbocycles. The highest BCUT2D eigenvalue weighted by Crippen LogP contribution is 2.64. The lowest BCUT2D eigenvalue weighted by Crippen LogP contribution is -2.46. The summed E-state index contributed by atoms with van der Waals surface area (Å²) in [5, 5.41) is 9.56. The van der Waals surface area contributed by atoms with Gasteiger partial charge >= 0.3 is 5.97 Å². The third-order valence-electron chi connectivity index (χ3n) is 7.11. The Morgan fingerprint density at radius 3 is 2.71 bits per heavy atom. The van der Waals surface area contributed by atoms with Gasteiger partial charge in [-0.25, -0.2) is 9.97 Å². The Morgan fingerprint density at radius 1 is 1.25 bits per heavy atom. The number of anilines is 1. The minimum Gasteiger partial charge on any atom is -0.481 e. The molecule has 3 atom stereocenters. The van der Waals surface area contributed by atoms with Crippen LogP contribution in [-0.2, 0) is 17.6 Å². The zero-order valence-electron chi connectivity index (χ0n) is 16.8. The van der Waals surface area contributed by atoms with Crippen molar-refractivity contribution in [3.8, 4) is 11.3 Å². The van der Waals surface area contributed by atoms with E-state index in [2.05, 4.69) is 43.9 Å². The van der Waals surface area contributed by atoms with Gasteiger partial charge in [0, 0.05) is 35.3 Å². The van der Waals surface area contributed by atoms with Crippen molar-refractivity contribution in [1.82, 2.24) is 9.97 Å². The predicted molar refractivity (Wildman–Crippen MR) is 109 cm³/mol. The lowest BCUT2D eigenvalue weighted by atomic mass is 9.98. The van der Waals surface area contributed by atoms with Crippen LogP contribution in [0, 0.1) is 11.3 Å². The second kappa shape index (κ2) is 6.03. The van der Waals surface area contributed by atoms with Crippen molar-refractivity contribution in [1.29, 1.82) is 0 Å². The zero-order valence-corrected chi connectivity index (χ0v) is 16.8. The fourth-order valence-electron chi connectivity index (χ4n) is 5.20. The largest absolute Gasteiger partial charge is 0.481 e. The molecule has 2 aliphatic carbocycles. The fraction of sp³-hybridized carbons (Fsp3) is 0.522. The number of aromatic nitrogens is 2. The van der Waals surface area contributed by atoms with E-state index in [0.29, 0.717) is 6.04 Å². The number of benzene rings is 1. The summed E-state index contributed by atoms with van der Waals surface area (Å²) in [5.41, 5.74) is 5.52. The number of aliphatic carboxylic acids is 1. The lowest BCUT2D eigenvalue weighted by molar-refractivity contribution is -0.139. The van der Waals surface area contributed by atoms with Gasteiger partial charge in [0.25, 0.3) is 0 Å². The molecule has 1 aliphatic heterocycles. The van der Waals surface area contributed by atoms with Crippen LogP contribution < -0.4 is 4.90 Å². The van der Waals surface area contributed by atoms with E-state index in [1.165, 1.54) is 17.7 Å². The van der Waals surface area contributed by atoms with Gasteiger partial charge in [-0.05, 0) is 49.7 Å². The first-order chi connectivity index (χ1) is 13.4. The number of nitrogens with zero attached hydrogens (tertiary/aromatic N) is 3. The van der Waals surface area contributed by atoms with Crippen molar-refractivity contribution >= 4 is 11.9 Å². The van der Waals surface area contributed by atoms with Crippen LogP contribution in [0.3, 0.4) is 0 Å². The van der Waals surface area contributed by atoms with E-state index in [1.807, 2.05) is 6.07 Å². The van der Waals surface area contributed by atoms with Gasteiger partial charge in [0.15, 0.2) is 0 Å². The molecule has 0 spiro atoms. The number of carboxylic acid groups (broad SMARTS) is 1. The molecule has 5 heteroatoms. The van der Waals surface area contributed by atoms with Gasteiger partial charge in [-0.2, -0.15) is 0 Å². The smallest absolute Gasteiger partial charge is 0.307 e. The van der Waals surface area contributed by atoms with Crippen LogP contribution in [-0.4, -0.2) is 33.6 Å². The average molecular weight is 377 g/mol. The number of carboxylic acids is 1. The van der Waals surface area contributed by atoms with Crippen molar-refractivity contribution < 1.29 is 9.90 Å². The maximum atomic E-state index is 11.6. The minimum absolute atomic E-state index is 0.0645. The standard InChI is InChI=1S/C23H27N3O2/c1-13-10-11-26(13)22-24-17-9-5-8-16(17)20(25-22)15-7-4-6-14(12-15)18-19(21(27)28)23(18,2)3/h4,6-7,12-13,18-19H,5,8-11H2,1-3H3,(H,27,28)/t13-,18+,19-/m0/s1. The molecule has 0 bridgehead atoms. The number of hydrogen-bond acceptors (Lipinski definition) is 4. The van der Waals surface area contributed by atoms with E-state index >= 15 is 0 Å². The summed E-state index contributed by atoms with van der Waals surface area (Å²) < 4.78 is 0. The molecular weight excluding hydrogens is 350 g/mol. The SMILES string of the molecule is C[C@H]1CCN1c1nc2c(c(-c3cccc([C@@H]4[C@@H](C(=O)O)C4(C)C)c3)n1)CCC2. The maximum absolute atomic E-state index is 11.6. The Kier molecular flexibility index (Phi) is 3.80. The van der Waals surface area contributed by atoms with Crippen molar-refractivity contribution in [3.05, 3.63) is 41.1 Å². The van der Waals surface area contributed by atoms with E-state index in [9.17, 15) is 9.90 Å². The van der Waals surface area contributed by atoms with Gasteiger partial charge < -0.3 is 10.0 Å². The minimum atomic E-state index is -0.697. The van der Waals surface area contributed by atoms with Gasteiger partial charge in [0.1, 0.15) is 0 Å². The Hall–Kier alpha value is -2.43. The van der Waals surface area contributed by atoms with Crippen molar-refractivity contribution in [2.75, 3.05) is 11.4 Å². The molecule has 0 unspecified atom stereocenters. The molecule has 5 nitrogen and oxygen atoms in total. The predicted octanol–water partition coefficient (Wildman–Crippen LogP) is 4.06. The number of aryl methyl sites for hydroxylation is 1. The van der Waals surface area contributed by atoms with Gasteiger partial charge in [0.05, 0.1) is 11.6 Å². The molecule has 1 aromatic carbocycles. The molecule has 2 aromatic rings. The van der Waals surface area contributed by atoms with Gasteiger partial charge in [-0.1, -0.05) is 32.0 Å². The summed E-state index contributed by atoms with van der Waals surface area (Å²) in [5.74, 6) is -0.0848. The Morgan fingerprint density at radius 2 is 2.07 bits per heavy atom. The summed E-state index contributed by atoms with van der Waals surface area (Å²) in [6.07, 6.45) is 4.37. The summed E-state index contributed by atoms with van der Waals surface area (Å²) >= 11 is 0. The highest BCUT2D eigenvalue weighted by molar-refractivity contribution is 5.78. The second-order valence-electron chi connectivity index (χ2n) is 9.22. The first-order valence-electron chi connectivity index (χ1n) is 10.4. The fourth-order valence-corrected chi connectivity index (χ4v) is 5.20. The number of carbonyl (C=O) groups is 1. The van der Waals surface area contributed by atoms with Gasteiger partial charge in [-0.15, -0.1) is 0 Å². The first kappa shape index (κ1) is 17.7. The summed E-state index contributed by atoms with van der Waals surface area (Å²) in [4.78, 5) is 23.8. The molecule has 28 heavy (non-hydrogen) atoms. The van der Waals surface area contributed by atoms with Crippen LogP contribution in [0.4, 0.5) is 5.95 Å². The second-order valence-corrected chi connectivity index (χ2v) is 9.22. The van der Waals surface area contributed by atoms with Crippen molar-refractivity contribution in [3.63, 3.8) is 0 Å². The molecule has 3 aliphatic rings. The van der Waals surface area contributed by atoms with E-state index in [4.69, 9.17) is 9.97 Å². The highest BCUT2D eigenvalue weighted by atomic mass is 16.4. The third-order valence-corrected chi connectivity index (χ3v) is 7.11. The van der Waals surface area contributed by atoms with Crippen LogP contribution in [0.5, 0.6) is 0 Å². The van der Waals surface area contributed by atoms with Gasteiger partial charge in [0.2, 0.25) is 5.95 Å². The van der Waals surface area contributed by atoms with E-state index in [1.54, 1.807) is 0 Å². The highest BCUT2D eigenvalue weighted by Gasteiger charge is 2.62. The molecule has 1 N–H and O–H groups in total. The summed E-state index contributed by atoms with van der Waals surface area (Å²) in [6, 6.07) is 8.90. The summed E-state index contributed by atoms with van der Waals surface area (Å²) in [6.45, 7) is 7.35. The normalized spacial score (nSPS) is 27.2. The van der Waals surface area contributed by atoms with Gasteiger partial charge in [-0.3, -0.25) is 4.79 Å². The van der Waals surface area contributed by atoms with Crippen LogP contribution in [0.2, 0.25) is 0 Å². The molecule has 1 aromatic heterocycles. The lowest BCUT2D eigenvalue weighted by Gasteiger charge is -2.39. The molecule has 5 rings (SSSR count). The molecule has 146 valence electrons.